The number of aliphatic hydroxyl groups is 1. The molecule has 1 fully saturated rings. The van der Waals surface area contributed by atoms with Crippen LogP contribution in [0.15, 0.2) is 61.1 Å². The Morgan fingerprint density at radius 3 is 2.90 bits per heavy atom. The molecule has 1 aliphatic rings. The summed E-state index contributed by atoms with van der Waals surface area (Å²) >= 11 is 0. The monoisotopic (exact) mass is 415 g/mol. The number of nitrogens with zero attached hydrogens (tertiary/aromatic N) is 5. The molecule has 3 heterocycles. The zero-order valence-corrected chi connectivity index (χ0v) is 17.1. The first-order valence-electron chi connectivity index (χ1n) is 10.4. The predicted molar refractivity (Wildman–Crippen MR) is 121 cm³/mol. The molecule has 1 aliphatic carbocycles. The van der Waals surface area contributed by atoms with Crippen LogP contribution in [-0.2, 0) is 6.54 Å². The highest BCUT2D eigenvalue weighted by atomic mass is 16.3. The molecule has 1 saturated carbocycles. The number of hydrogen-bond donors (Lipinski definition) is 3. The van der Waals surface area contributed by atoms with Gasteiger partial charge >= 0.3 is 0 Å². The first-order chi connectivity index (χ1) is 15.1. The Morgan fingerprint density at radius 2 is 2.06 bits per heavy atom. The van der Waals surface area contributed by atoms with Crippen LogP contribution in [0.1, 0.15) is 30.9 Å². The molecule has 31 heavy (non-hydrogen) atoms. The molecule has 0 radical (unpaired) electrons. The van der Waals surface area contributed by atoms with Crippen LogP contribution in [0.5, 0.6) is 0 Å². The van der Waals surface area contributed by atoms with Gasteiger partial charge in [0, 0.05) is 23.3 Å². The molecule has 0 aliphatic heterocycles. The number of aromatic nitrogens is 4. The Labute approximate surface area is 180 Å². The minimum absolute atomic E-state index is 0.0235. The maximum Gasteiger partial charge on any atom is 0.166 e. The summed E-state index contributed by atoms with van der Waals surface area (Å²) in [5.74, 6) is 6.87. The molecule has 2 atom stereocenters. The van der Waals surface area contributed by atoms with Crippen LogP contribution in [0.2, 0.25) is 0 Å². The standard InChI is InChI=1S/C23H25N7O/c24-18-7-9-20(17-12-27-30(14-17)21-4-1-5-22(21)31)28-23(18)29(25)13-15-6-8-19-16(11-15)3-2-10-26-19/h2-3,6-12,14,21-22,31H,1,4-5,13,24-25H2. The Bertz CT molecular complexity index is 1220. The Hall–Kier alpha value is -3.49. The average molecular weight is 416 g/mol. The van der Waals surface area contributed by atoms with Gasteiger partial charge in [0.05, 0.1) is 41.8 Å². The van der Waals surface area contributed by atoms with E-state index in [1.165, 1.54) is 0 Å². The maximum absolute atomic E-state index is 10.2. The van der Waals surface area contributed by atoms with Crippen LogP contribution >= 0.6 is 0 Å². The van der Waals surface area contributed by atoms with Crippen LogP contribution in [-0.4, -0.2) is 31.0 Å². The van der Waals surface area contributed by atoms with Gasteiger partial charge in [0.1, 0.15) is 0 Å². The van der Waals surface area contributed by atoms with Crippen LogP contribution in [0.3, 0.4) is 0 Å². The van der Waals surface area contributed by atoms with E-state index in [0.29, 0.717) is 18.1 Å². The second-order valence-electron chi connectivity index (χ2n) is 8.04. The summed E-state index contributed by atoms with van der Waals surface area (Å²) in [7, 11) is 0. The molecule has 0 spiro atoms. The van der Waals surface area contributed by atoms with Gasteiger partial charge in [-0.15, -0.1) is 0 Å². The normalized spacial score (nSPS) is 18.5. The fourth-order valence-electron chi connectivity index (χ4n) is 4.23. The van der Waals surface area contributed by atoms with E-state index in [4.69, 9.17) is 16.6 Å². The molecule has 2 unspecified atom stereocenters. The van der Waals surface area contributed by atoms with E-state index in [1.54, 1.807) is 17.4 Å². The molecular weight excluding hydrogens is 390 g/mol. The summed E-state index contributed by atoms with van der Waals surface area (Å²) in [5.41, 5.74) is 10.3. The summed E-state index contributed by atoms with van der Waals surface area (Å²) in [6.45, 7) is 0.457. The lowest BCUT2D eigenvalue weighted by atomic mass is 10.1. The van der Waals surface area contributed by atoms with Crippen molar-refractivity contribution in [2.75, 3.05) is 10.7 Å². The second-order valence-corrected chi connectivity index (χ2v) is 8.04. The lowest BCUT2D eigenvalue weighted by molar-refractivity contribution is 0.130. The summed E-state index contributed by atoms with van der Waals surface area (Å²) < 4.78 is 1.84. The number of hydrazine groups is 1. The van der Waals surface area contributed by atoms with E-state index in [1.807, 2.05) is 47.3 Å². The number of nitrogen functional groups attached to an aromatic ring is 1. The predicted octanol–water partition coefficient (Wildman–Crippen LogP) is 3.04. The number of nitrogens with two attached hydrogens (primary N) is 2. The number of benzene rings is 1. The largest absolute Gasteiger partial charge is 0.396 e. The molecule has 0 amide bonds. The average Bonchev–Trinajstić information content (AvgIpc) is 3.43. The molecule has 5 rings (SSSR count). The Morgan fingerprint density at radius 1 is 1.16 bits per heavy atom. The van der Waals surface area contributed by atoms with Crippen molar-refractivity contribution in [1.82, 2.24) is 19.7 Å². The highest BCUT2D eigenvalue weighted by molar-refractivity contribution is 5.79. The zero-order valence-electron chi connectivity index (χ0n) is 17.1. The van der Waals surface area contributed by atoms with Crippen molar-refractivity contribution in [3.63, 3.8) is 0 Å². The van der Waals surface area contributed by atoms with Crippen molar-refractivity contribution >= 4 is 22.4 Å². The number of pyridine rings is 2. The SMILES string of the molecule is Nc1ccc(-c2cnn(C3CCCC3O)c2)nc1N(N)Cc1ccc2ncccc2c1. The van der Waals surface area contributed by atoms with Crippen LogP contribution < -0.4 is 16.6 Å². The van der Waals surface area contributed by atoms with Crippen molar-refractivity contribution in [3.8, 4) is 11.3 Å². The summed E-state index contributed by atoms with van der Waals surface area (Å²) in [6.07, 6.45) is 7.89. The lowest BCUT2D eigenvalue weighted by Gasteiger charge is -2.20. The van der Waals surface area contributed by atoms with E-state index in [-0.39, 0.29) is 12.1 Å². The quantitative estimate of drug-likeness (QED) is 0.338. The molecule has 8 nitrogen and oxygen atoms in total. The van der Waals surface area contributed by atoms with E-state index in [2.05, 4.69) is 16.1 Å². The lowest BCUT2D eigenvalue weighted by Crippen LogP contribution is -2.31. The smallest absolute Gasteiger partial charge is 0.166 e. The number of fused-ring (bicyclic) bond motifs is 1. The minimum atomic E-state index is -0.348. The van der Waals surface area contributed by atoms with E-state index < -0.39 is 0 Å². The minimum Gasteiger partial charge on any atom is -0.396 e. The van der Waals surface area contributed by atoms with E-state index in [9.17, 15) is 5.11 Å². The highest BCUT2D eigenvalue weighted by Crippen LogP contribution is 2.31. The number of aliphatic hydroxyl groups excluding tert-OH is 1. The third-order valence-corrected chi connectivity index (χ3v) is 5.88. The van der Waals surface area contributed by atoms with E-state index in [0.717, 1.165) is 47.0 Å². The van der Waals surface area contributed by atoms with Crippen LogP contribution in [0.4, 0.5) is 11.5 Å². The van der Waals surface area contributed by atoms with Gasteiger partial charge in [0.25, 0.3) is 0 Å². The van der Waals surface area contributed by atoms with Crippen molar-refractivity contribution in [1.29, 1.82) is 0 Å². The highest BCUT2D eigenvalue weighted by Gasteiger charge is 2.27. The molecule has 0 bridgehead atoms. The third-order valence-electron chi connectivity index (χ3n) is 5.88. The molecule has 3 aromatic heterocycles. The molecule has 4 aromatic rings. The molecule has 0 saturated heterocycles. The first kappa shape index (κ1) is 19.5. The van der Waals surface area contributed by atoms with Gasteiger partial charge in [-0.1, -0.05) is 12.1 Å². The van der Waals surface area contributed by atoms with Gasteiger partial charge in [0.15, 0.2) is 5.82 Å². The van der Waals surface area contributed by atoms with Gasteiger partial charge in [-0.2, -0.15) is 5.10 Å². The first-order valence-corrected chi connectivity index (χ1v) is 10.4. The molecule has 8 heteroatoms. The van der Waals surface area contributed by atoms with Crippen LogP contribution in [0.25, 0.3) is 22.2 Å². The number of hydrogen-bond acceptors (Lipinski definition) is 7. The summed E-state index contributed by atoms with van der Waals surface area (Å²) in [4.78, 5) is 9.06. The van der Waals surface area contributed by atoms with Gasteiger partial charge < -0.3 is 10.8 Å². The van der Waals surface area contributed by atoms with Gasteiger partial charge in [-0.3, -0.25) is 14.7 Å². The molecular formula is C23H25N7O. The fourth-order valence-corrected chi connectivity index (χ4v) is 4.23. The Kier molecular flexibility index (Phi) is 5.01. The summed E-state index contributed by atoms with van der Waals surface area (Å²) in [5, 5.41) is 17.2. The van der Waals surface area contributed by atoms with Gasteiger partial charge in [-0.25, -0.2) is 10.8 Å². The zero-order chi connectivity index (χ0) is 21.4. The maximum atomic E-state index is 10.2. The molecule has 5 N–H and O–H groups in total. The Balaban J connectivity index is 1.39. The molecule has 1 aromatic carbocycles. The van der Waals surface area contributed by atoms with Crippen molar-refractivity contribution in [2.24, 2.45) is 5.84 Å². The molecule has 158 valence electrons. The van der Waals surface area contributed by atoms with E-state index >= 15 is 0 Å². The fraction of sp³-hybridized carbons (Fsp3) is 0.261. The number of rotatable bonds is 5. The van der Waals surface area contributed by atoms with Gasteiger partial charge in [0.2, 0.25) is 0 Å². The third kappa shape index (κ3) is 3.83. The topological polar surface area (TPSA) is 119 Å². The number of anilines is 2. The van der Waals surface area contributed by atoms with Crippen LogP contribution in [0, 0.1) is 0 Å². The second kappa shape index (κ2) is 7.98. The van der Waals surface area contributed by atoms with Crippen molar-refractivity contribution < 1.29 is 5.11 Å². The van der Waals surface area contributed by atoms with Crippen molar-refractivity contribution in [3.05, 3.63) is 66.6 Å². The van der Waals surface area contributed by atoms with Gasteiger partial charge in [-0.05, 0) is 55.2 Å². The van der Waals surface area contributed by atoms with Crippen molar-refractivity contribution in [2.45, 2.75) is 38.0 Å². The summed E-state index contributed by atoms with van der Waals surface area (Å²) in [6, 6.07) is 13.7.